The summed E-state index contributed by atoms with van der Waals surface area (Å²) in [4.78, 5) is 12.9. The van der Waals surface area contributed by atoms with Crippen LogP contribution >= 0.6 is 0 Å². The molecule has 1 aromatic rings. The van der Waals surface area contributed by atoms with Gasteiger partial charge in [-0.05, 0) is 43.7 Å². The van der Waals surface area contributed by atoms with Gasteiger partial charge in [0, 0.05) is 31.5 Å². The number of nitro benzene ring substituents is 1. The Hall–Kier alpha value is -1.82. The molecule has 114 valence electrons. The third-order valence-corrected chi connectivity index (χ3v) is 4.18. The number of rotatable bonds is 5. The van der Waals surface area contributed by atoms with E-state index in [4.69, 9.17) is 10.5 Å². The van der Waals surface area contributed by atoms with E-state index in [1.54, 1.807) is 12.1 Å². The number of hydrogen-bond donors (Lipinski definition) is 1. The number of nitro groups is 1. The third kappa shape index (κ3) is 3.44. The largest absolute Gasteiger partial charge is 0.399 e. The maximum atomic E-state index is 11.2. The molecule has 2 N–H and O–H groups in total. The van der Waals surface area contributed by atoms with E-state index in [2.05, 4.69) is 0 Å². The van der Waals surface area contributed by atoms with Crippen LogP contribution in [-0.4, -0.2) is 30.7 Å². The van der Waals surface area contributed by atoms with Gasteiger partial charge in [0.1, 0.15) is 5.69 Å². The summed E-state index contributed by atoms with van der Waals surface area (Å²) in [6, 6.07) is 4.76. The molecule has 0 aromatic heterocycles. The van der Waals surface area contributed by atoms with E-state index in [1.165, 1.54) is 18.9 Å². The van der Waals surface area contributed by atoms with Crippen LogP contribution in [0.2, 0.25) is 0 Å². The molecule has 3 rings (SSSR count). The minimum absolute atomic E-state index is 0.118. The molecular weight excluding hydrogens is 270 g/mol. The second kappa shape index (κ2) is 5.89. The zero-order chi connectivity index (χ0) is 14.8. The minimum Gasteiger partial charge on any atom is -0.399 e. The van der Waals surface area contributed by atoms with E-state index in [-0.39, 0.29) is 16.7 Å². The molecule has 0 amide bonds. The van der Waals surface area contributed by atoms with Crippen molar-refractivity contribution in [2.45, 2.75) is 31.8 Å². The van der Waals surface area contributed by atoms with Gasteiger partial charge >= 0.3 is 0 Å². The molecule has 0 bridgehead atoms. The fourth-order valence-corrected chi connectivity index (χ4v) is 2.80. The zero-order valence-electron chi connectivity index (χ0n) is 12.0. The minimum atomic E-state index is -0.344. The van der Waals surface area contributed by atoms with Gasteiger partial charge in [0.2, 0.25) is 0 Å². The van der Waals surface area contributed by atoms with Crippen molar-refractivity contribution in [3.05, 3.63) is 28.3 Å². The van der Waals surface area contributed by atoms with Crippen LogP contribution in [0.4, 0.5) is 17.1 Å². The molecule has 1 atom stereocenters. The van der Waals surface area contributed by atoms with Crippen LogP contribution in [0.25, 0.3) is 0 Å². The zero-order valence-corrected chi connectivity index (χ0v) is 12.0. The highest BCUT2D eigenvalue weighted by Gasteiger charge is 2.28. The fraction of sp³-hybridized carbons (Fsp3) is 0.600. The van der Waals surface area contributed by atoms with Crippen LogP contribution in [0, 0.1) is 16.0 Å². The van der Waals surface area contributed by atoms with Crippen LogP contribution in [-0.2, 0) is 4.74 Å². The Morgan fingerprint density at radius 2 is 2.19 bits per heavy atom. The van der Waals surface area contributed by atoms with Crippen molar-refractivity contribution in [3.8, 4) is 0 Å². The van der Waals surface area contributed by atoms with Gasteiger partial charge in [-0.15, -0.1) is 0 Å². The van der Waals surface area contributed by atoms with Gasteiger partial charge in [-0.1, -0.05) is 0 Å². The highest BCUT2D eigenvalue weighted by atomic mass is 16.6. The predicted molar refractivity (Wildman–Crippen MR) is 81.4 cm³/mol. The molecule has 0 radical (unpaired) electrons. The summed E-state index contributed by atoms with van der Waals surface area (Å²) in [5.74, 6) is 0.738. The number of nitrogens with zero attached hydrogens (tertiary/aromatic N) is 2. The summed E-state index contributed by atoms with van der Waals surface area (Å²) < 4.78 is 5.95. The van der Waals surface area contributed by atoms with Crippen LogP contribution < -0.4 is 10.6 Å². The molecule has 1 aromatic carbocycles. The summed E-state index contributed by atoms with van der Waals surface area (Å²) in [7, 11) is 0. The Morgan fingerprint density at radius 1 is 1.38 bits per heavy atom. The summed E-state index contributed by atoms with van der Waals surface area (Å²) in [5.41, 5.74) is 7.08. The van der Waals surface area contributed by atoms with E-state index in [0.717, 1.165) is 31.9 Å². The highest BCUT2D eigenvalue weighted by Crippen LogP contribution is 2.33. The molecule has 0 unspecified atom stereocenters. The van der Waals surface area contributed by atoms with Crippen molar-refractivity contribution < 1.29 is 9.66 Å². The molecule has 0 spiro atoms. The van der Waals surface area contributed by atoms with Crippen LogP contribution in [0.15, 0.2) is 18.2 Å². The topological polar surface area (TPSA) is 81.6 Å². The monoisotopic (exact) mass is 291 g/mol. The van der Waals surface area contributed by atoms with Gasteiger partial charge in [0.25, 0.3) is 5.69 Å². The van der Waals surface area contributed by atoms with Crippen molar-refractivity contribution in [1.82, 2.24) is 0 Å². The molecule has 1 heterocycles. The molecule has 21 heavy (non-hydrogen) atoms. The predicted octanol–water partition coefficient (Wildman–Crippen LogP) is 2.57. The first kappa shape index (κ1) is 14.1. The van der Waals surface area contributed by atoms with Crippen LogP contribution in [0.1, 0.15) is 25.7 Å². The van der Waals surface area contributed by atoms with E-state index >= 15 is 0 Å². The fourth-order valence-electron chi connectivity index (χ4n) is 2.80. The van der Waals surface area contributed by atoms with E-state index in [0.29, 0.717) is 17.9 Å². The first-order chi connectivity index (χ1) is 10.1. The van der Waals surface area contributed by atoms with Gasteiger partial charge in [-0.25, -0.2) is 0 Å². The number of nitrogen functional groups attached to an aromatic ring is 1. The van der Waals surface area contributed by atoms with Gasteiger partial charge in [0.15, 0.2) is 0 Å². The Balaban J connectivity index is 1.72. The van der Waals surface area contributed by atoms with Crippen molar-refractivity contribution in [2.75, 3.05) is 30.3 Å². The second-order valence-electron chi connectivity index (χ2n) is 5.99. The number of piperidine rings is 1. The standard InChI is InChI=1S/C15H21N3O3/c16-12-5-6-14(18(19)20)15(8-12)17-7-1-2-13(9-17)21-10-11-3-4-11/h5-6,8,11,13H,1-4,7,9-10,16H2/t13-/m1/s1. The van der Waals surface area contributed by atoms with Crippen molar-refractivity contribution in [1.29, 1.82) is 0 Å². The molecule has 1 saturated heterocycles. The molecule has 6 heteroatoms. The van der Waals surface area contributed by atoms with E-state index < -0.39 is 0 Å². The Kier molecular flexibility index (Phi) is 3.96. The van der Waals surface area contributed by atoms with Crippen molar-refractivity contribution >= 4 is 17.1 Å². The van der Waals surface area contributed by atoms with Crippen molar-refractivity contribution in [2.24, 2.45) is 5.92 Å². The number of nitrogens with two attached hydrogens (primary N) is 1. The third-order valence-electron chi connectivity index (χ3n) is 4.18. The molecule has 1 aliphatic carbocycles. The molecular formula is C15H21N3O3. The number of ether oxygens (including phenoxy) is 1. The quantitative estimate of drug-likeness (QED) is 0.512. The lowest BCUT2D eigenvalue weighted by molar-refractivity contribution is -0.384. The number of anilines is 2. The van der Waals surface area contributed by atoms with Gasteiger partial charge in [0.05, 0.1) is 11.0 Å². The Labute approximate surface area is 124 Å². The van der Waals surface area contributed by atoms with Crippen LogP contribution in [0.3, 0.4) is 0 Å². The average molecular weight is 291 g/mol. The lowest BCUT2D eigenvalue weighted by Gasteiger charge is -2.34. The average Bonchev–Trinajstić information content (AvgIpc) is 3.29. The lowest BCUT2D eigenvalue weighted by Crippen LogP contribution is -2.40. The first-order valence-electron chi connectivity index (χ1n) is 7.54. The molecule has 1 aliphatic heterocycles. The van der Waals surface area contributed by atoms with Gasteiger partial charge in [-0.2, -0.15) is 0 Å². The molecule has 1 saturated carbocycles. The number of hydrogen-bond acceptors (Lipinski definition) is 5. The van der Waals surface area contributed by atoms with Crippen LogP contribution in [0.5, 0.6) is 0 Å². The SMILES string of the molecule is Nc1ccc([N+](=O)[O-])c(N2CCC[C@@H](OCC3CC3)C2)c1. The maximum absolute atomic E-state index is 11.2. The summed E-state index contributed by atoms with van der Waals surface area (Å²) in [5, 5.41) is 11.2. The summed E-state index contributed by atoms with van der Waals surface area (Å²) in [6.45, 7) is 2.35. The first-order valence-corrected chi connectivity index (χ1v) is 7.54. The normalized spacial score (nSPS) is 22.3. The number of benzene rings is 1. The van der Waals surface area contributed by atoms with Crippen molar-refractivity contribution in [3.63, 3.8) is 0 Å². The smallest absolute Gasteiger partial charge is 0.292 e. The summed E-state index contributed by atoms with van der Waals surface area (Å²) in [6.07, 6.45) is 4.73. The molecule has 2 aliphatic rings. The second-order valence-corrected chi connectivity index (χ2v) is 5.99. The Bertz CT molecular complexity index is 531. The summed E-state index contributed by atoms with van der Waals surface area (Å²) >= 11 is 0. The van der Waals surface area contributed by atoms with Gasteiger partial charge in [-0.3, -0.25) is 10.1 Å². The lowest BCUT2D eigenvalue weighted by atomic mass is 10.1. The maximum Gasteiger partial charge on any atom is 0.292 e. The van der Waals surface area contributed by atoms with E-state index in [1.807, 2.05) is 4.90 Å². The highest BCUT2D eigenvalue weighted by molar-refractivity contribution is 5.68. The Morgan fingerprint density at radius 3 is 2.90 bits per heavy atom. The van der Waals surface area contributed by atoms with Gasteiger partial charge < -0.3 is 15.4 Å². The molecule has 2 fully saturated rings. The molecule has 6 nitrogen and oxygen atoms in total. The van der Waals surface area contributed by atoms with E-state index in [9.17, 15) is 10.1 Å².